The van der Waals surface area contributed by atoms with Crippen LogP contribution < -0.4 is 16.0 Å². The molecule has 0 bridgehead atoms. The number of hydrogen-bond donors (Lipinski definition) is 3. The summed E-state index contributed by atoms with van der Waals surface area (Å²) in [6, 6.07) is 7.23. The second-order valence-corrected chi connectivity index (χ2v) is 6.26. The van der Waals surface area contributed by atoms with Crippen molar-refractivity contribution in [1.82, 2.24) is 10.6 Å². The number of hydrogen-bond acceptors (Lipinski definition) is 2. The number of aliphatic imine (C=N–C) groups is 1. The largest absolute Gasteiger partial charge is 0.356 e. The summed E-state index contributed by atoms with van der Waals surface area (Å²) in [7, 11) is 1.71. The van der Waals surface area contributed by atoms with Crippen molar-refractivity contribution in [2.45, 2.75) is 32.6 Å². The molecular weight excluding hydrogens is 300 g/mol. The molecule has 0 aliphatic heterocycles. The minimum Gasteiger partial charge on any atom is -0.356 e. The Hall–Kier alpha value is -2.48. The van der Waals surface area contributed by atoms with Crippen LogP contribution in [0.5, 0.6) is 0 Å². The minimum absolute atomic E-state index is 0.138. The molecule has 2 rings (SSSR count). The number of amides is 1. The van der Waals surface area contributed by atoms with Crippen molar-refractivity contribution in [1.29, 1.82) is 0 Å². The van der Waals surface area contributed by atoms with Gasteiger partial charge in [-0.15, -0.1) is 6.42 Å². The average molecular weight is 326 g/mol. The normalized spacial score (nSPS) is 15.8. The quantitative estimate of drug-likeness (QED) is 0.427. The van der Waals surface area contributed by atoms with Crippen LogP contribution in [0.2, 0.25) is 0 Å². The number of rotatable bonds is 6. The number of carbonyl (C=O) groups is 1. The predicted molar refractivity (Wildman–Crippen MR) is 98.9 cm³/mol. The second kappa shape index (κ2) is 8.39. The molecule has 1 saturated carbocycles. The highest BCUT2D eigenvalue weighted by Crippen LogP contribution is 2.42. The molecule has 3 N–H and O–H groups in total. The first-order chi connectivity index (χ1) is 11.6. The van der Waals surface area contributed by atoms with E-state index in [0.717, 1.165) is 12.1 Å². The molecule has 1 amide bonds. The Labute approximate surface area is 144 Å². The molecule has 1 fully saturated rings. The molecular formula is C19H26N4O. The van der Waals surface area contributed by atoms with Crippen LogP contribution in [0, 0.1) is 17.8 Å². The molecule has 1 aliphatic rings. The lowest BCUT2D eigenvalue weighted by Gasteiger charge is -2.41. The summed E-state index contributed by atoms with van der Waals surface area (Å²) in [6.45, 7) is 3.28. The van der Waals surface area contributed by atoms with Crippen molar-refractivity contribution in [2.75, 3.05) is 25.5 Å². The fourth-order valence-electron chi connectivity index (χ4n) is 2.88. The Morgan fingerprint density at radius 3 is 2.75 bits per heavy atom. The summed E-state index contributed by atoms with van der Waals surface area (Å²) in [5, 5.41) is 9.20. The Balaban J connectivity index is 1.78. The van der Waals surface area contributed by atoms with Crippen molar-refractivity contribution in [3.63, 3.8) is 0 Å². The fourth-order valence-corrected chi connectivity index (χ4v) is 2.88. The van der Waals surface area contributed by atoms with Crippen molar-refractivity contribution >= 4 is 17.6 Å². The van der Waals surface area contributed by atoms with Gasteiger partial charge in [-0.3, -0.25) is 9.79 Å². The molecule has 0 unspecified atom stereocenters. The SMILES string of the molecule is C#Cc1cccc(NC(=O)CNC(=NC)NCC2(CC)CCC2)c1. The monoisotopic (exact) mass is 326 g/mol. The molecule has 0 aromatic heterocycles. The molecule has 0 heterocycles. The van der Waals surface area contributed by atoms with E-state index in [-0.39, 0.29) is 12.5 Å². The van der Waals surface area contributed by atoms with E-state index < -0.39 is 0 Å². The fraction of sp³-hybridized carbons (Fsp3) is 0.474. The number of terminal acetylenes is 1. The number of nitrogens with zero attached hydrogens (tertiary/aromatic N) is 1. The molecule has 0 radical (unpaired) electrons. The van der Waals surface area contributed by atoms with E-state index in [1.807, 2.05) is 18.2 Å². The Morgan fingerprint density at radius 2 is 2.17 bits per heavy atom. The summed E-state index contributed by atoms with van der Waals surface area (Å²) in [4.78, 5) is 16.2. The van der Waals surface area contributed by atoms with Crippen LogP contribution in [0.3, 0.4) is 0 Å². The van der Waals surface area contributed by atoms with Crippen LogP contribution in [0.25, 0.3) is 0 Å². The van der Waals surface area contributed by atoms with Gasteiger partial charge in [-0.2, -0.15) is 0 Å². The zero-order valence-corrected chi connectivity index (χ0v) is 14.5. The summed E-state index contributed by atoms with van der Waals surface area (Å²) >= 11 is 0. The van der Waals surface area contributed by atoms with E-state index in [4.69, 9.17) is 6.42 Å². The van der Waals surface area contributed by atoms with Crippen LogP contribution in [0.1, 0.15) is 38.2 Å². The van der Waals surface area contributed by atoms with E-state index in [1.165, 1.54) is 25.7 Å². The Morgan fingerprint density at radius 1 is 1.38 bits per heavy atom. The highest BCUT2D eigenvalue weighted by Gasteiger charge is 2.34. The second-order valence-electron chi connectivity index (χ2n) is 6.26. The molecule has 5 heteroatoms. The van der Waals surface area contributed by atoms with Crippen molar-refractivity contribution in [3.05, 3.63) is 29.8 Å². The van der Waals surface area contributed by atoms with Gasteiger partial charge in [0.2, 0.25) is 5.91 Å². The van der Waals surface area contributed by atoms with Gasteiger partial charge in [0.1, 0.15) is 0 Å². The van der Waals surface area contributed by atoms with Gasteiger partial charge in [0.15, 0.2) is 5.96 Å². The van der Waals surface area contributed by atoms with Crippen LogP contribution in [-0.4, -0.2) is 32.0 Å². The first kappa shape index (κ1) is 17.9. The lowest BCUT2D eigenvalue weighted by molar-refractivity contribution is -0.115. The van der Waals surface area contributed by atoms with E-state index >= 15 is 0 Å². The highest BCUT2D eigenvalue weighted by molar-refractivity contribution is 5.95. The van der Waals surface area contributed by atoms with Gasteiger partial charge in [0, 0.05) is 24.8 Å². The maximum absolute atomic E-state index is 12.0. The summed E-state index contributed by atoms with van der Waals surface area (Å²) in [5.41, 5.74) is 1.83. The molecule has 1 aliphatic carbocycles. The molecule has 24 heavy (non-hydrogen) atoms. The van der Waals surface area contributed by atoms with E-state index in [9.17, 15) is 4.79 Å². The average Bonchev–Trinajstić information content (AvgIpc) is 2.57. The van der Waals surface area contributed by atoms with Gasteiger partial charge >= 0.3 is 0 Å². The summed E-state index contributed by atoms with van der Waals surface area (Å²) < 4.78 is 0. The smallest absolute Gasteiger partial charge is 0.243 e. The molecule has 0 atom stereocenters. The van der Waals surface area contributed by atoms with Gasteiger partial charge in [-0.25, -0.2) is 0 Å². The van der Waals surface area contributed by atoms with Gasteiger partial charge in [0.25, 0.3) is 0 Å². The number of benzene rings is 1. The zero-order chi connectivity index (χ0) is 17.4. The standard InChI is InChI=1S/C19H26N4O/c1-4-15-8-6-9-16(12-15)23-17(24)13-21-18(20-3)22-14-19(5-2)10-7-11-19/h1,6,8-9,12H,5,7,10-11,13-14H2,2-3H3,(H,23,24)(H2,20,21,22). The van der Waals surface area contributed by atoms with Crippen molar-refractivity contribution in [3.8, 4) is 12.3 Å². The molecule has 128 valence electrons. The third-order valence-corrected chi connectivity index (χ3v) is 4.75. The Bertz CT molecular complexity index is 636. The number of anilines is 1. The summed E-state index contributed by atoms with van der Waals surface area (Å²) in [6.07, 6.45) is 10.4. The van der Waals surface area contributed by atoms with E-state index in [0.29, 0.717) is 17.1 Å². The summed E-state index contributed by atoms with van der Waals surface area (Å²) in [5.74, 6) is 3.07. The zero-order valence-electron chi connectivity index (χ0n) is 14.5. The van der Waals surface area contributed by atoms with Gasteiger partial charge in [0.05, 0.1) is 6.54 Å². The van der Waals surface area contributed by atoms with Crippen LogP contribution >= 0.6 is 0 Å². The third kappa shape index (κ3) is 4.76. The highest BCUT2D eigenvalue weighted by atomic mass is 16.1. The molecule has 0 saturated heterocycles. The van der Waals surface area contributed by atoms with E-state index in [1.54, 1.807) is 13.1 Å². The Kier molecular flexibility index (Phi) is 6.25. The third-order valence-electron chi connectivity index (χ3n) is 4.75. The predicted octanol–water partition coefficient (Wildman–Crippen LogP) is 2.35. The maximum Gasteiger partial charge on any atom is 0.243 e. The maximum atomic E-state index is 12.0. The lowest BCUT2D eigenvalue weighted by atomic mass is 9.67. The number of nitrogens with one attached hydrogen (secondary N) is 3. The number of guanidine groups is 1. The molecule has 0 spiro atoms. The molecule has 1 aromatic rings. The van der Waals surface area contributed by atoms with Crippen LogP contribution in [0.4, 0.5) is 5.69 Å². The van der Waals surface area contributed by atoms with Gasteiger partial charge < -0.3 is 16.0 Å². The van der Waals surface area contributed by atoms with E-state index in [2.05, 4.69) is 33.8 Å². The topological polar surface area (TPSA) is 65.5 Å². The minimum atomic E-state index is -0.138. The van der Waals surface area contributed by atoms with Crippen LogP contribution in [-0.2, 0) is 4.79 Å². The van der Waals surface area contributed by atoms with Gasteiger partial charge in [-0.1, -0.05) is 25.3 Å². The number of carbonyl (C=O) groups excluding carboxylic acids is 1. The molecule has 5 nitrogen and oxygen atoms in total. The molecule has 1 aromatic carbocycles. The van der Waals surface area contributed by atoms with Crippen molar-refractivity contribution in [2.24, 2.45) is 10.4 Å². The van der Waals surface area contributed by atoms with Crippen molar-refractivity contribution < 1.29 is 4.79 Å². The van der Waals surface area contributed by atoms with Gasteiger partial charge in [-0.05, 0) is 42.9 Å². The first-order valence-electron chi connectivity index (χ1n) is 8.42. The van der Waals surface area contributed by atoms with Crippen LogP contribution in [0.15, 0.2) is 29.3 Å². The first-order valence-corrected chi connectivity index (χ1v) is 8.42. The lowest BCUT2D eigenvalue weighted by Crippen LogP contribution is -2.47.